The van der Waals surface area contributed by atoms with Gasteiger partial charge in [0.05, 0.1) is 6.07 Å². The van der Waals surface area contributed by atoms with E-state index >= 15 is 0 Å². The molecule has 5 nitrogen and oxygen atoms in total. The smallest absolute Gasteiger partial charge is 0.236 e. The Balaban J connectivity index is 2.34. The highest BCUT2D eigenvalue weighted by Crippen LogP contribution is 2.12. The van der Waals surface area contributed by atoms with E-state index in [-0.39, 0.29) is 30.2 Å². The number of rotatable bonds is 3. The fourth-order valence-corrected chi connectivity index (χ4v) is 1.82. The van der Waals surface area contributed by atoms with Crippen LogP contribution in [0.1, 0.15) is 33.1 Å². The lowest BCUT2D eigenvalue weighted by Crippen LogP contribution is -2.47. The van der Waals surface area contributed by atoms with Gasteiger partial charge in [0.1, 0.15) is 6.42 Å². The van der Waals surface area contributed by atoms with E-state index in [1.54, 1.807) is 4.90 Å². The van der Waals surface area contributed by atoms with Gasteiger partial charge in [-0.25, -0.2) is 0 Å². The third kappa shape index (κ3) is 4.06. The van der Waals surface area contributed by atoms with E-state index in [0.717, 1.165) is 12.8 Å². The number of nitriles is 1. The maximum atomic E-state index is 11.5. The van der Waals surface area contributed by atoms with Gasteiger partial charge in [-0.3, -0.25) is 9.59 Å². The SMILES string of the molecule is CC(C)C(=O)NC1CCN(C(=O)CC#N)CC1. The number of carbonyl (C=O) groups excluding carboxylic acids is 2. The molecule has 0 aromatic heterocycles. The topological polar surface area (TPSA) is 73.2 Å². The van der Waals surface area contributed by atoms with Crippen molar-refractivity contribution in [1.82, 2.24) is 10.2 Å². The van der Waals surface area contributed by atoms with Crippen LogP contribution in [0.15, 0.2) is 0 Å². The summed E-state index contributed by atoms with van der Waals surface area (Å²) in [5.74, 6) is -0.0545. The van der Waals surface area contributed by atoms with Gasteiger partial charge in [0.2, 0.25) is 11.8 Å². The molecule has 0 bridgehead atoms. The number of hydrogen-bond donors (Lipinski definition) is 1. The van der Waals surface area contributed by atoms with E-state index in [1.807, 2.05) is 19.9 Å². The highest BCUT2D eigenvalue weighted by molar-refractivity contribution is 5.79. The summed E-state index contributed by atoms with van der Waals surface area (Å²) in [4.78, 5) is 24.6. The molecule has 1 rings (SSSR count). The van der Waals surface area contributed by atoms with Crippen molar-refractivity contribution in [2.75, 3.05) is 13.1 Å². The van der Waals surface area contributed by atoms with Crippen LogP contribution in [0.3, 0.4) is 0 Å². The van der Waals surface area contributed by atoms with Gasteiger partial charge in [-0.1, -0.05) is 13.8 Å². The minimum Gasteiger partial charge on any atom is -0.353 e. The number of nitrogens with zero attached hydrogens (tertiary/aromatic N) is 2. The first-order chi connectivity index (χ1) is 8.04. The third-order valence-electron chi connectivity index (χ3n) is 2.95. The highest BCUT2D eigenvalue weighted by Gasteiger charge is 2.23. The molecule has 1 fully saturated rings. The largest absolute Gasteiger partial charge is 0.353 e. The molecule has 2 amide bonds. The van der Waals surface area contributed by atoms with Crippen LogP contribution in [-0.2, 0) is 9.59 Å². The van der Waals surface area contributed by atoms with Gasteiger partial charge < -0.3 is 10.2 Å². The third-order valence-corrected chi connectivity index (χ3v) is 2.95. The Hall–Kier alpha value is -1.57. The summed E-state index contributed by atoms with van der Waals surface area (Å²) in [6.45, 7) is 4.98. The lowest BCUT2D eigenvalue weighted by atomic mass is 10.0. The van der Waals surface area contributed by atoms with Crippen molar-refractivity contribution in [3.63, 3.8) is 0 Å². The van der Waals surface area contributed by atoms with Gasteiger partial charge in [-0.15, -0.1) is 0 Å². The van der Waals surface area contributed by atoms with Crippen LogP contribution in [0.2, 0.25) is 0 Å². The second-order valence-corrected chi connectivity index (χ2v) is 4.65. The number of piperidine rings is 1. The van der Waals surface area contributed by atoms with E-state index in [1.165, 1.54) is 0 Å². The zero-order valence-corrected chi connectivity index (χ0v) is 10.4. The van der Waals surface area contributed by atoms with E-state index in [4.69, 9.17) is 5.26 Å². The molecule has 0 spiro atoms. The number of amides is 2. The van der Waals surface area contributed by atoms with Gasteiger partial charge in [0.25, 0.3) is 0 Å². The molecule has 0 aromatic rings. The average Bonchev–Trinajstić information content (AvgIpc) is 2.30. The fourth-order valence-electron chi connectivity index (χ4n) is 1.82. The van der Waals surface area contributed by atoms with Crippen LogP contribution >= 0.6 is 0 Å². The van der Waals surface area contributed by atoms with Crippen LogP contribution < -0.4 is 5.32 Å². The Kier molecular flexibility index (Phi) is 4.95. The standard InChI is InChI=1S/C12H19N3O2/c1-9(2)12(17)14-10-4-7-15(8-5-10)11(16)3-6-13/h9-10H,3-5,7-8H2,1-2H3,(H,14,17). The van der Waals surface area contributed by atoms with Crippen molar-refractivity contribution in [2.24, 2.45) is 5.92 Å². The number of nitrogens with one attached hydrogen (secondary N) is 1. The van der Waals surface area contributed by atoms with Gasteiger partial charge >= 0.3 is 0 Å². The molecule has 0 saturated carbocycles. The Morgan fingerprint density at radius 2 is 2.00 bits per heavy atom. The molecule has 1 saturated heterocycles. The van der Waals surface area contributed by atoms with Crippen molar-refractivity contribution in [3.8, 4) is 6.07 Å². The number of likely N-dealkylation sites (tertiary alicyclic amines) is 1. The van der Waals surface area contributed by atoms with Crippen LogP contribution in [-0.4, -0.2) is 35.8 Å². The Bertz CT molecular complexity index is 325. The molecule has 1 aliphatic rings. The van der Waals surface area contributed by atoms with E-state index in [0.29, 0.717) is 13.1 Å². The van der Waals surface area contributed by atoms with Crippen LogP contribution in [0.5, 0.6) is 0 Å². The maximum Gasteiger partial charge on any atom is 0.236 e. The van der Waals surface area contributed by atoms with E-state index < -0.39 is 0 Å². The fraction of sp³-hybridized carbons (Fsp3) is 0.750. The van der Waals surface area contributed by atoms with Gasteiger partial charge in [0, 0.05) is 25.0 Å². The second-order valence-electron chi connectivity index (χ2n) is 4.65. The molecule has 5 heteroatoms. The Labute approximate surface area is 102 Å². The van der Waals surface area contributed by atoms with E-state index in [2.05, 4.69) is 5.32 Å². The highest BCUT2D eigenvalue weighted by atomic mass is 16.2. The summed E-state index contributed by atoms with van der Waals surface area (Å²) in [6.07, 6.45) is 1.49. The van der Waals surface area contributed by atoms with E-state index in [9.17, 15) is 9.59 Å². The summed E-state index contributed by atoms with van der Waals surface area (Å²) in [7, 11) is 0. The van der Waals surface area contributed by atoms with Crippen LogP contribution in [0, 0.1) is 17.2 Å². The normalized spacial score (nSPS) is 16.7. The predicted molar refractivity (Wildman–Crippen MR) is 62.8 cm³/mol. The number of hydrogen-bond acceptors (Lipinski definition) is 3. The van der Waals surface area contributed by atoms with Crippen molar-refractivity contribution in [3.05, 3.63) is 0 Å². The lowest BCUT2D eigenvalue weighted by molar-refractivity contribution is -0.131. The minimum atomic E-state index is -0.110. The molecular formula is C12H19N3O2. The zero-order chi connectivity index (χ0) is 12.8. The monoisotopic (exact) mass is 237 g/mol. The summed E-state index contributed by atoms with van der Waals surface area (Å²) >= 11 is 0. The number of carbonyl (C=O) groups is 2. The van der Waals surface area contributed by atoms with Crippen molar-refractivity contribution in [1.29, 1.82) is 5.26 Å². The van der Waals surface area contributed by atoms with Crippen LogP contribution in [0.25, 0.3) is 0 Å². The molecule has 1 N–H and O–H groups in total. The quantitative estimate of drug-likeness (QED) is 0.783. The molecule has 1 heterocycles. The molecule has 94 valence electrons. The van der Waals surface area contributed by atoms with Gasteiger partial charge in [-0.2, -0.15) is 5.26 Å². The Morgan fingerprint density at radius 3 is 2.47 bits per heavy atom. The maximum absolute atomic E-state index is 11.5. The molecule has 0 aliphatic carbocycles. The molecule has 0 aromatic carbocycles. The summed E-state index contributed by atoms with van der Waals surface area (Å²) in [6, 6.07) is 2.03. The zero-order valence-electron chi connectivity index (χ0n) is 10.4. The van der Waals surface area contributed by atoms with Gasteiger partial charge in [-0.05, 0) is 12.8 Å². The van der Waals surface area contributed by atoms with Crippen molar-refractivity contribution in [2.45, 2.75) is 39.2 Å². The van der Waals surface area contributed by atoms with Crippen LogP contribution in [0.4, 0.5) is 0 Å². The first kappa shape index (κ1) is 13.5. The molecule has 0 unspecified atom stereocenters. The molecule has 0 radical (unpaired) electrons. The first-order valence-electron chi connectivity index (χ1n) is 5.99. The molecular weight excluding hydrogens is 218 g/mol. The molecule has 0 atom stereocenters. The minimum absolute atomic E-state index is 0.00625. The molecule has 17 heavy (non-hydrogen) atoms. The van der Waals surface area contributed by atoms with Gasteiger partial charge in [0.15, 0.2) is 0 Å². The second kappa shape index (κ2) is 6.24. The summed E-state index contributed by atoms with van der Waals surface area (Å²) < 4.78 is 0. The summed E-state index contributed by atoms with van der Waals surface area (Å²) in [5, 5.41) is 11.4. The first-order valence-corrected chi connectivity index (χ1v) is 5.99. The average molecular weight is 237 g/mol. The van der Waals surface area contributed by atoms with Crippen molar-refractivity contribution >= 4 is 11.8 Å². The van der Waals surface area contributed by atoms with Crippen molar-refractivity contribution < 1.29 is 9.59 Å². The Morgan fingerprint density at radius 1 is 1.41 bits per heavy atom. The summed E-state index contributed by atoms with van der Waals surface area (Å²) in [5.41, 5.74) is 0. The lowest BCUT2D eigenvalue weighted by Gasteiger charge is -2.32. The predicted octanol–water partition coefficient (Wildman–Crippen LogP) is 0.663. The molecule has 1 aliphatic heterocycles.